The van der Waals surface area contributed by atoms with Crippen molar-refractivity contribution in [3.05, 3.63) is 11.6 Å². The van der Waals surface area contributed by atoms with Gasteiger partial charge in [-0.05, 0) is 51.2 Å². The Morgan fingerprint density at radius 1 is 1.15 bits per heavy atom. The van der Waals surface area contributed by atoms with Crippen LogP contribution in [0.3, 0.4) is 0 Å². The monoisotopic (exact) mass is 278 g/mol. The summed E-state index contributed by atoms with van der Waals surface area (Å²) in [5, 5.41) is 18.2. The third-order valence-electron chi connectivity index (χ3n) is 5.00. The van der Waals surface area contributed by atoms with E-state index in [2.05, 4.69) is 26.6 Å². The largest absolute Gasteiger partial charge is 0.396 e. The number of likely N-dealkylation sites (tertiary alicyclic amines) is 1. The average Bonchev–Trinajstić information content (AvgIpc) is 2.91. The number of aromatic nitrogens is 3. The lowest BCUT2D eigenvalue weighted by Gasteiger charge is -2.31. The van der Waals surface area contributed by atoms with Crippen LogP contribution in [-0.4, -0.2) is 51.0 Å². The van der Waals surface area contributed by atoms with E-state index < -0.39 is 0 Å². The first-order valence-electron chi connectivity index (χ1n) is 8.07. The van der Waals surface area contributed by atoms with Crippen molar-refractivity contribution in [2.24, 2.45) is 5.92 Å². The molecule has 3 rings (SSSR count). The smallest absolute Gasteiger partial charge is 0.138 e. The highest BCUT2D eigenvalue weighted by molar-refractivity contribution is 5.06. The lowest BCUT2D eigenvalue weighted by molar-refractivity contribution is 0.189. The van der Waals surface area contributed by atoms with Gasteiger partial charge in [-0.3, -0.25) is 0 Å². The molecule has 112 valence electrons. The highest BCUT2D eigenvalue weighted by Crippen LogP contribution is 2.28. The molecule has 0 radical (unpaired) electrons. The van der Waals surface area contributed by atoms with Gasteiger partial charge in [0, 0.05) is 18.9 Å². The molecule has 1 atom stereocenters. The molecule has 20 heavy (non-hydrogen) atoms. The second-order valence-electron chi connectivity index (χ2n) is 6.23. The Hall–Kier alpha value is -0.940. The number of piperidine rings is 1. The Kier molecular flexibility index (Phi) is 4.36. The molecule has 2 aliphatic rings. The van der Waals surface area contributed by atoms with Crippen LogP contribution in [0, 0.1) is 5.92 Å². The Morgan fingerprint density at radius 3 is 2.65 bits per heavy atom. The quantitative estimate of drug-likeness (QED) is 0.905. The first-order valence-corrected chi connectivity index (χ1v) is 8.07. The SMILES string of the molecule is CCN1CCC(Cc2nnc3n2CCCC3CO)CC1. The molecule has 1 unspecified atom stereocenters. The van der Waals surface area contributed by atoms with E-state index in [9.17, 15) is 5.11 Å². The van der Waals surface area contributed by atoms with Gasteiger partial charge < -0.3 is 14.6 Å². The fourth-order valence-corrected chi connectivity index (χ4v) is 3.61. The maximum absolute atomic E-state index is 9.44. The van der Waals surface area contributed by atoms with Crippen molar-refractivity contribution in [1.29, 1.82) is 0 Å². The Labute approximate surface area is 121 Å². The van der Waals surface area contributed by atoms with Crippen LogP contribution in [-0.2, 0) is 13.0 Å². The van der Waals surface area contributed by atoms with E-state index in [1.807, 2.05) is 0 Å². The van der Waals surface area contributed by atoms with Crippen LogP contribution in [0.4, 0.5) is 0 Å². The second-order valence-corrected chi connectivity index (χ2v) is 6.23. The van der Waals surface area contributed by atoms with E-state index in [1.54, 1.807) is 0 Å². The van der Waals surface area contributed by atoms with Crippen molar-refractivity contribution >= 4 is 0 Å². The summed E-state index contributed by atoms with van der Waals surface area (Å²) in [6.07, 6.45) is 5.79. The normalized spacial score (nSPS) is 24.8. The third-order valence-corrected chi connectivity index (χ3v) is 5.00. The standard InChI is InChI=1S/C15H26N4O/c1-2-18-8-5-12(6-9-18)10-14-16-17-15-13(11-20)4-3-7-19(14)15/h12-13,20H,2-11H2,1H3. The summed E-state index contributed by atoms with van der Waals surface area (Å²) in [4.78, 5) is 2.53. The molecule has 1 aromatic rings. The molecule has 2 aliphatic heterocycles. The van der Waals surface area contributed by atoms with E-state index in [0.717, 1.165) is 43.4 Å². The lowest BCUT2D eigenvalue weighted by atomic mass is 9.93. The third kappa shape index (κ3) is 2.74. The minimum Gasteiger partial charge on any atom is -0.396 e. The molecule has 1 N–H and O–H groups in total. The molecule has 0 saturated carbocycles. The molecular formula is C15H26N4O. The van der Waals surface area contributed by atoms with Crippen molar-refractivity contribution < 1.29 is 5.11 Å². The first kappa shape index (κ1) is 14.0. The van der Waals surface area contributed by atoms with Gasteiger partial charge in [0.05, 0.1) is 6.61 Å². The molecule has 0 spiro atoms. The van der Waals surface area contributed by atoms with Crippen LogP contribution in [0.5, 0.6) is 0 Å². The van der Waals surface area contributed by atoms with Crippen molar-refractivity contribution in [3.8, 4) is 0 Å². The summed E-state index contributed by atoms with van der Waals surface area (Å²) in [7, 11) is 0. The number of fused-ring (bicyclic) bond motifs is 1. The summed E-state index contributed by atoms with van der Waals surface area (Å²) < 4.78 is 2.27. The summed E-state index contributed by atoms with van der Waals surface area (Å²) in [6, 6.07) is 0. The van der Waals surface area contributed by atoms with Gasteiger partial charge in [0.15, 0.2) is 0 Å². The van der Waals surface area contributed by atoms with Crippen LogP contribution >= 0.6 is 0 Å². The molecule has 0 amide bonds. The molecule has 0 aliphatic carbocycles. The zero-order valence-electron chi connectivity index (χ0n) is 12.5. The molecule has 0 bridgehead atoms. The minimum atomic E-state index is 0.201. The topological polar surface area (TPSA) is 54.2 Å². The van der Waals surface area contributed by atoms with E-state index in [0.29, 0.717) is 0 Å². The van der Waals surface area contributed by atoms with Crippen LogP contribution in [0.1, 0.15) is 50.2 Å². The zero-order valence-corrected chi connectivity index (χ0v) is 12.5. The summed E-state index contributed by atoms with van der Waals surface area (Å²) in [5.41, 5.74) is 0. The van der Waals surface area contributed by atoms with Crippen molar-refractivity contribution in [2.45, 2.75) is 51.5 Å². The van der Waals surface area contributed by atoms with Gasteiger partial charge in [-0.1, -0.05) is 6.92 Å². The highest BCUT2D eigenvalue weighted by Gasteiger charge is 2.26. The summed E-state index contributed by atoms with van der Waals surface area (Å²) in [6.45, 7) is 7.09. The van der Waals surface area contributed by atoms with Crippen molar-refractivity contribution in [3.63, 3.8) is 0 Å². The predicted octanol–water partition coefficient (Wildman–Crippen LogP) is 1.42. The van der Waals surface area contributed by atoms with E-state index in [-0.39, 0.29) is 12.5 Å². The Morgan fingerprint density at radius 2 is 1.95 bits per heavy atom. The fraction of sp³-hybridized carbons (Fsp3) is 0.867. The molecule has 5 heteroatoms. The maximum Gasteiger partial charge on any atom is 0.138 e. The number of hydrogen-bond acceptors (Lipinski definition) is 4. The van der Waals surface area contributed by atoms with E-state index >= 15 is 0 Å². The first-order chi connectivity index (χ1) is 9.81. The van der Waals surface area contributed by atoms with Crippen molar-refractivity contribution in [1.82, 2.24) is 19.7 Å². The predicted molar refractivity (Wildman–Crippen MR) is 77.6 cm³/mol. The Balaban J connectivity index is 1.65. The number of rotatable bonds is 4. The number of aliphatic hydroxyl groups is 1. The average molecular weight is 278 g/mol. The van der Waals surface area contributed by atoms with Gasteiger partial charge in [0.25, 0.3) is 0 Å². The van der Waals surface area contributed by atoms with Crippen molar-refractivity contribution in [2.75, 3.05) is 26.2 Å². The molecule has 1 saturated heterocycles. The number of hydrogen-bond donors (Lipinski definition) is 1. The van der Waals surface area contributed by atoms with E-state index in [1.165, 1.54) is 32.5 Å². The van der Waals surface area contributed by atoms with Gasteiger partial charge in [0.1, 0.15) is 11.6 Å². The lowest BCUT2D eigenvalue weighted by Crippen LogP contribution is -2.34. The molecule has 1 fully saturated rings. The zero-order chi connectivity index (χ0) is 13.9. The van der Waals surface area contributed by atoms with Gasteiger partial charge in [0.2, 0.25) is 0 Å². The molecule has 3 heterocycles. The summed E-state index contributed by atoms with van der Waals surface area (Å²) in [5.74, 6) is 3.11. The fourth-order valence-electron chi connectivity index (χ4n) is 3.61. The van der Waals surface area contributed by atoms with Gasteiger partial charge >= 0.3 is 0 Å². The van der Waals surface area contributed by atoms with Crippen LogP contribution in [0.2, 0.25) is 0 Å². The number of nitrogens with zero attached hydrogens (tertiary/aromatic N) is 4. The highest BCUT2D eigenvalue weighted by atomic mass is 16.3. The maximum atomic E-state index is 9.44. The van der Waals surface area contributed by atoms with Gasteiger partial charge in [-0.2, -0.15) is 0 Å². The van der Waals surface area contributed by atoms with Crippen LogP contribution in [0.15, 0.2) is 0 Å². The van der Waals surface area contributed by atoms with E-state index in [4.69, 9.17) is 0 Å². The molecular weight excluding hydrogens is 252 g/mol. The molecule has 5 nitrogen and oxygen atoms in total. The Bertz CT molecular complexity index is 437. The number of aliphatic hydroxyl groups excluding tert-OH is 1. The minimum absolute atomic E-state index is 0.201. The second kappa shape index (κ2) is 6.22. The van der Waals surface area contributed by atoms with Crippen LogP contribution < -0.4 is 0 Å². The summed E-state index contributed by atoms with van der Waals surface area (Å²) >= 11 is 0. The molecule has 1 aromatic heterocycles. The molecule has 0 aromatic carbocycles. The van der Waals surface area contributed by atoms with Crippen LogP contribution in [0.25, 0.3) is 0 Å². The van der Waals surface area contributed by atoms with Gasteiger partial charge in [-0.15, -0.1) is 10.2 Å². The van der Waals surface area contributed by atoms with Gasteiger partial charge in [-0.25, -0.2) is 0 Å².